The van der Waals surface area contributed by atoms with E-state index in [-0.39, 0.29) is 17.5 Å². The minimum absolute atomic E-state index is 0.00441. The first-order valence-corrected chi connectivity index (χ1v) is 9.67. The summed E-state index contributed by atoms with van der Waals surface area (Å²) in [5.41, 5.74) is 1.87. The highest BCUT2D eigenvalue weighted by Crippen LogP contribution is 2.24. The van der Waals surface area contributed by atoms with Gasteiger partial charge in [-0.25, -0.2) is 18.9 Å². The van der Waals surface area contributed by atoms with Gasteiger partial charge in [0.1, 0.15) is 11.6 Å². The number of likely N-dealkylation sites (tertiary alicyclic amines) is 1. The molecular weight excluding hydrogens is 375 g/mol. The second-order valence-electron chi connectivity index (χ2n) is 7.48. The van der Waals surface area contributed by atoms with Crippen LogP contribution < -0.4 is 5.69 Å². The molecule has 0 saturated carbocycles. The van der Waals surface area contributed by atoms with Crippen molar-refractivity contribution in [1.29, 1.82) is 0 Å². The van der Waals surface area contributed by atoms with Gasteiger partial charge >= 0.3 is 5.69 Å². The number of amides is 1. The number of H-pyrrole nitrogens is 2. The molecule has 1 amide bonds. The zero-order chi connectivity index (χ0) is 20.5. The molecule has 4 rings (SSSR count). The Balaban J connectivity index is 1.46. The van der Waals surface area contributed by atoms with E-state index in [4.69, 9.17) is 0 Å². The zero-order valence-corrected chi connectivity index (χ0v) is 16.4. The van der Waals surface area contributed by atoms with Crippen LogP contribution in [-0.4, -0.2) is 48.9 Å². The summed E-state index contributed by atoms with van der Waals surface area (Å²) in [6.45, 7) is 4.92. The van der Waals surface area contributed by atoms with Gasteiger partial charge in [0.2, 0.25) is 0 Å². The summed E-state index contributed by atoms with van der Waals surface area (Å²) in [6, 6.07) is 6.15. The number of aromatic nitrogens is 5. The summed E-state index contributed by atoms with van der Waals surface area (Å²) in [7, 11) is 0. The van der Waals surface area contributed by atoms with Crippen LogP contribution in [0.4, 0.5) is 4.39 Å². The van der Waals surface area contributed by atoms with E-state index in [2.05, 4.69) is 20.4 Å². The summed E-state index contributed by atoms with van der Waals surface area (Å²) >= 11 is 0. The summed E-state index contributed by atoms with van der Waals surface area (Å²) in [4.78, 5) is 26.8. The van der Waals surface area contributed by atoms with Crippen molar-refractivity contribution in [3.8, 4) is 5.69 Å². The number of rotatable bonds is 4. The van der Waals surface area contributed by atoms with E-state index >= 15 is 0 Å². The van der Waals surface area contributed by atoms with Crippen molar-refractivity contribution >= 4 is 5.91 Å². The number of hydrogen-bond acceptors (Lipinski definition) is 4. The highest BCUT2D eigenvalue weighted by molar-refractivity contribution is 5.96. The molecule has 152 valence electrons. The van der Waals surface area contributed by atoms with Gasteiger partial charge in [0, 0.05) is 25.2 Å². The highest BCUT2D eigenvalue weighted by Gasteiger charge is 2.28. The number of benzene rings is 1. The van der Waals surface area contributed by atoms with Gasteiger partial charge in [0.05, 0.1) is 16.9 Å². The Morgan fingerprint density at radius 3 is 2.55 bits per heavy atom. The molecule has 0 spiro atoms. The molecule has 9 heteroatoms. The Morgan fingerprint density at radius 1 is 1.17 bits per heavy atom. The van der Waals surface area contributed by atoms with E-state index in [9.17, 15) is 14.0 Å². The Kier molecular flexibility index (Phi) is 5.04. The molecule has 1 aliphatic heterocycles. The molecule has 0 atom stereocenters. The quantitative estimate of drug-likeness (QED) is 0.703. The van der Waals surface area contributed by atoms with Gasteiger partial charge in [-0.2, -0.15) is 10.2 Å². The fourth-order valence-electron chi connectivity index (χ4n) is 3.97. The average molecular weight is 398 g/mol. The number of piperidine rings is 1. The summed E-state index contributed by atoms with van der Waals surface area (Å²) in [5, 5.41) is 13.5. The van der Waals surface area contributed by atoms with Crippen molar-refractivity contribution < 1.29 is 9.18 Å². The van der Waals surface area contributed by atoms with Crippen LogP contribution in [0.2, 0.25) is 0 Å². The number of carbonyl (C=O) groups is 1. The highest BCUT2D eigenvalue weighted by atomic mass is 19.1. The standard InChI is InChI=1S/C20H23FN6O2/c1-12-18(13(2)23-22-12)19(28)26-9-7-14(8-10-26)11-17-24-25-20(29)27(17)16-6-4-3-5-15(16)21/h3-6,14H,7-11H2,1-2H3,(H,22,23)(H,25,29). The van der Waals surface area contributed by atoms with Crippen LogP contribution in [0.15, 0.2) is 29.1 Å². The molecule has 0 unspecified atom stereocenters. The smallest absolute Gasteiger partial charge is 0.339 e. The zero-order valence-electron chi connectivity index (χ0n) is 16.4. The van der Waals surface area contributed by atoms with E-state index in [1.165, 1.54) is 10.6 Å². The van der Waals surface area contributed by atoms with Crippen molar-refractivity contribution in [3.63, 3.8) is 0 Å². The molecule has 1 fully saturated rings. The number of nitrogens with one attached hydrogen (secondary N) is 2. The van der Waals surface area contributed by atoms with E-state index < -0.39 is 11.5 Å². The molecule has 1 saturated heterocycles. The van der Waals surface area contributed by atoms with Crippen molar-refractivity contribution in [3.05, 3.63) is 63.3 Å². The third-order valence-electron chi connectivity index (χ3n) is 5.55. The fraction of sp³-hybridized carbons (Fsp3) is 0.400. The molecule has 29 heavy (non-hydrogen) atoms. The van der Waals surface area contributed by atoms with Gasteiger partial charge in [-0.3, -0.25) is 9.89 Å². The maximum Gasteiger partial charge on any atom is 0.348 e. The largest absolute Gasteiger partial charge is 0.348 e. The second-order valence-corrected chi connectivity index (χ2v) is 7.48. The van der Waals surface area contributed by atoms with Gasteiger partial charge in [-0.05, 0) is 44.7 Å². The van der Waals surface area contributed by atoms with E-state index in [0.29, 0.717) is 36.6 Å². The Hall–Kier alpha value is -3.23. The third kappa shape index (κ3) is 3.59. The molecule has 2 aromatic heterocycles. The number of para-hydroxylation sites is 1. The van der Waals surface area contributed by atoms with E-state index in [1.54, 1.807) is 18.2 Å². The number of halogens is 1. The summed E-state index contributed by atoms with van der Waals surface area (Å²) in [5.74, 6) is 0.288. The van der Waals surface area contributed by atoms with Crippen molar-refractivity contribution in [2.24, 2.45) is 5.92 Å². The lowest BCUT2D eigenvalue weighted by Crippen LogP contribution is -2.39. The molecule has 0 aliphatic carbocycles. The lowest BCUT2D eigenvalue weighted by atomic mass is 9.92. The molecule has 1 aromatic carbocycles. The number of carbonyl (C=O) groups excluding carboxylic acids is 1. The first-order valence-electron chi connectivity index (χ1n) is 9.67. The number of aryl methyl sites for hydroxylation is 2. The molecule has 2 N–H and O–H groups in total. The molecule has 1 aliphatic rings. The SMILES string of the molecule is Cc1n[nH]c(C)c1C(=O)N1CCC(Cc2n[nH]c(=O)n2-c2ccccc2F)CC1. The van der Waals surface area contributed by atoms with E-state index in [1.807, 2.05) is 18.7 Å². The lowest BCUT2D eigenvalue weighted by molar-refractivity contribution is 0.0688. The van der Waals surface area contributed by atoms with Crippen LogP contribution in [0, 0.1) is 25.6 Å². The molecular formula is C20H23FN6O2. The van der Waals surface area contributed by atoms with Gasteiger partial charge in [0.15, 0.2) is 0 Å². The van der Waals surface area contributed by atoms with Crippen LogP contribution in [0.25, 0.3) is 5.69 Å². The number of nitrogens with zero attached hydrogens (tertiary/aromatic N) is 4. The van der Waals surface area contributed by atoms with Crippen LogP contribution >= 0.6 is 0 Å². The minimum atomic E-state index is -0.469. The van der Waals surface area contributed by atoms with E-state index in [0.717, 1.165) is 18.5 Å². The molecule has 3 aromatic rings. The summed E-state index contributed by atoms with van der Waals surface area (Å²) in [6.07, 6.45) is 2.12. The minimum Gasteiger partial charge on any atom is -0.339 e. The Morgan fingerprint density at radius 2 is 1.90 bits per heavy atom. The van der Waals surface area contributed by atoms with Crippen molar-refractivity contribution in [2.75, 3.05) is 13.1 Å². The van der Waals surface area contributed by atoms with Crippen molar-refractivity contribution in [2.45, 2.75) is 33.1 Å². The van der Waals surface area contributed by atoms with Crippen LogP contribution in [-0.2, 0) is 6.42 Å². The van der Waals surface area contributed by atoms with Crippen LogP contribution in [0.1, 0.15) is 40.4 Å². The fourth-order valence-corrected chi connectivity index (χ4v) is 3.97. The Labute approximate surface area is 166 Å². The van der Waals surface area contributed by atoms with Gasteiger partial charge in [0.25, 0.3) is 5.91 Å². The van der Waals surface area contributed by atoms with Gasteiger partial charge < -0.3 is 4.90 Å². The maximum atomic E-state index is 14.2. The average Bonchev–Trinajstić information content (AvgIpc) is 3.24. The monoisotopic (exact) mass is 398 g/mol. The number of aromatic amines is 2. The summed E-state index contributed by atoms with van der Waals surface area (Å²) < 4.78 is 15.5. The normalized spacial score (nSPS) is 15.1. The molecule has 0 bridgehead atoms. The lowest BCUT2D eigenvalue weighted by Gasteiger charge is -2.32. The Bertz CT molecular complexity index is 1070. The van der Waals surface area contributed by atoms with Gasteiger partial charge in [-0.15, -0.1) is 0 Å². The van der Waals surface area contributed by atoms with Crippen LogP contribution in [0.5, 0.6) is 0 Å². The van der Waals surface area contributed by atoms with Crippen molar-refractivity contribution in [1.82, 2.24) is 29.9 Å². The maximum absolute atomic E-state index is 14.2. The predicted octanol–water partition coefficient (Wildman–Crippen LogP) is 2.13. The third-order valence-corrected chi connectivity index (χ3v) is 5.55. The van der Waals surface area contributed by atoms with Crippen LogP contribution in [0.3, 0.4) is 0 Å². The first kappa shape index (κ1) is 19.1. The predicted molar refractivity (Wildman–Crippen MR) is 105 cm³/mol. The molecule has 3 heterocycles. The topological polar surface area (TPSA) is 99.7 Å². The molecule has 0 radical (unpaired) electrons. The molecule has 8 nitrogen and oxygen atoms in total. The first-order chi connectivity index (χ1) is 14.0. The number of hydrogen-bond donors (Lipinski definition) is 2. The van der Waals surface area contributed by atoms with Gasteiger partial charge in [-0.1, -0.05) is 12.1 Å². The second kappa shape index (κ2) is 7.65.